The lowest BCUT2D eigenvalue weighted by atomic mass is 10.1. The fraction of sp³-hybridized carbons (Fsp3) is 0.364. The summed E-state index contributed by atoms with van der Waals surface area (Å²) in [7, 11) is -4.32. The van der Waals surface area contributed by atoms with E-state index in [9.17, 15) is 21.6 Å². The van der Waals surface area contributed by atoms with E-state index in [0.29, 0.717) is 0 Å². The van der Waals surface area contributed by atoms with Crippen LogP contribution in [0.3, 0.4) is 0 Å². The van der Waals surface area contributed by atoms with Crippen LogP contribution in [-0.4, -0.2) is 20.8 Å². The van der Waals surface area contributed by atoms with Crippen molar-refractivity contribution in [2.24, 2.45) is 4.40 Å². The minimum atomic E-state index is -4.76. The van der Waals surface area contributed by atoms with Crippen molar-refractivity contribution in [1.29, 1.82) is 0 Å². The van der Waals surface area contributed by atoms with Gasteiger partial charge in [-0.1, -0.05) is 15.9 Å². The molecule has 1 aromatic carbocycles. The molecule has 0 aromatic heterocycles. The summed E-state index contributed by atoms with van der Waals surface area (Å²) in [6.07, 6.45) is -2.05. The molecule has 1 aliphatic heterocycles. The van der Waals surface area contributed by atoms with Crippen molar-refractivity contribution >= 4 is 38.0 Å². The Hall–Kier alpha value is -1.09. The van der Waals surface area contributed by atoms with Gasteiger partial charge in [0.15, 0.2) is 0 Å². The largest absolute Gasteiger partial charge is 0.417 e. The highest BCUT2D eigenvalue weighted by molar-refractivity contribution is 9.10. The second-order valence-corrected chi connectivity index (χ2v) is 7.12. The number of halogens is 4. The molecular weight excluding hydrogens is 361 g/mol. The molecule has 1 aliphatic carbocycles. The lowest BCUT2D eigenvalue weighted by Gasteiger charge is -2.27. The standard InChI is InChI=1S/C11H8BrF3N2O2S/c12-6-3-8(11(13,14)15)10-9(4-6)17(7-1-2-7)5-16-20(10,18)19/h3-5,7H,1-2H2. The van der Waals surface area contributed by atoms with Gasteiger partial charge in [0.25, 0.3) is 10.0 Å². The average Bonchev–Trinajstić information content (AvgIpc) is 3.10. The van der Waals surface area contributed by atoms with Gasteiger partial charge in [-0.25, -0.2) is 0 Å². The van der Waals surface area contributed by atoms with Crippen LogP contribution >= 0.6 is 15.9 Å². The zero-order chi connectivity index (χ0) is 14.7. The third-order valence-corrected chi connectivity index (χ3v) is 4.90. The quantitative estimate of drug-likeness (QED) is 0.764. The van der Waals surface area contributed by atoms with Gasteiger partial charge >= 0.3 is 6.18 Å². The second-order valence-electron chi connectivity index (χ2n) is 4.63. The van der Waals surface area contributed by atoms with Crippen LogP contribution in [0.2, 0.25) is 0 Å². The Morgan fingerprint density at radius 1 is 1.30 bits per heavy atom. The predicted octanol–water partition coefficient (Wildman–Crippen LogP) is 3.17. The Morgan fingerprint density at radius 2 is 1.95 bits per heavy atom. The molecule has 0 amide bonds. The van der Waals surface area contributed by atoms with Crippen molar-refractivity contribution < 1.29 is 21.6 Å². The van der Waals surface area contributed by atoms with Gasteiger partial charge in [-0.15, -0.1) is 4.40 Å². The summed E-state index contributed by atoms with van der Waals surface area (Å²) in [5.41, 5.74) is -1.16. The molecule has 0 spiro atoms. The minimum Gasteiger partial charge on any atom is -0.327 e. The smallest absolute Gasteiger partial charge is 0.327 e. The first kappa shape index (κ1) is 13.9. The Labute approximate surface area is 121 Å². The van der Waals surface area contributed by atoms with E-state index in [1.54, 1.807) is 0 Å². The number of fused-ring (bicyclic) bond motifs is 1. The molecule has 1 aromatic rings. The third kappa shape index (κ3) is 2.22. The number of rotatable bonds is 1. The molecule has 20 heavy (non-hydrogen) atoms. The molecule has 1 saturated carbocycles. The summed E-state index contributed by atoms with van der Waals surface area (Å²) in [6.45, 7) is 0. The maximum Gasteiger partial charge on any atom is 0.417 e. The van der Waals surface area contributed by atoms with E-state index >= 15 is 0 Å². The maximum absolute atomic E-state index is 13.1. The van der Waals surface area contributed by atoms with E-state index in [2.05, 4.69) is 20.3 Å². The molecule has 1 fully saturated rings. The van der Waals surface area contributed by atoms with Crippen molar-refractivity contribution in [1.82, 2.24) is 0 Å². The highest BCUT2D eigenvalue weighted by Crippen LogP contribution is 2.45. The number of nitrogens with zero attached hydrogens (tertiary/aromatic N) is 2. The van der Waals surface area contributed by atoms with Crippen LogP contribution in [0.15, 0.2) is 25.9 Å². The number of alkyl halides is 3. The van der Waals surface area contributed by atoms with Gasteiger partial charge in [0, 0.05) is 10.5 Å². The number of anilines is 1. The lowest BCUT2D eigenvalue weighted by Crippen LogP contribution is -2.30. The Balaban J connectivity index is 2.32. The summed E-state index contributed by atoms with van der Waals surface area (Å²) in [6, 6.07) is 2.16. The highest BCUT2D eigenvalue weighted by atomic mass is 79.9. The van der Waals surface area contributed by atoms with Crippen LogP contribution < -0.4 is 4.90 Å². The number of benzene rings is 1. The van der Waals surface area contributed by atoms with Crippen LogP contribution in [0.5, 0.6) is 0 Å². The lowest BCUT2D eigenvalue weighted by molar-refractivity contribution is -0.139. The molecule has 0 atom stereocenters. The fourth-order valence-corrected chi connectivity index (χ4v) is 3.78. The topological polar surface area (TPSA) is 49.7 Å². The molecule has 2 aliphatic rings. The molecular formula is C11H8BrF3N2O2S. The summed E-state index contributed by atoms with van der Waals surface area (Å²) >= 11 is 3.00. The van der Waals surface area contributed by atoms with E-state index in [1.807, 2.05) is 0 Å². The van der Waals surface area contributed by atoms with E-state index in [0.717, 1.165) is 25.2 Å². The summed E-state index contributed by atoms with van der Waals surface area (Å²) in [5.74, 6) is 0. The third-order valence-electron chi connectivity index (χ3n) is 3.13. The Morgan fingerprint density at radius 3 is 2.50 bits per heavy atom. The zero-order valence-corrected chi connectivity index (χ0v) is 12.3. The molecule has 3 rings (SSSR count). The van der Waals surface area contributed by atoms with Gasteiger partial charge < -0.3 is 4.90 Å². The van der Waals surface area contributed by atoms with Gasteiger partial charge in [-0.2, -0.15) is 21.6 Å². The number of hydrogen-bond acceptors (Lipinski definition) is 3. The minimum absolute atomic E-state index is 0.0170. The first-order valence-electron chi connectivity index (χ1n) is 5.70. The van der Waals surface area contributed by atoms with Crippen LogP contribution in [0.25, 0.3) is 0 Å². The molecule has 0 unspecified atom stereocenters. The molecule has 1 heterocycles. The SMILES string of the molecule is O=S1(=O)N=CN(C2CC2)c2cc(Br)cc(C(F)(F)F)c21. The maximum atomic E-state index is 13.1. The van der Waals surface area contributed by atoms with Crippen LogP contribution in [0.4, 0.5) is 18.9 Å². The van der Waals surface area contributed by atoms with Crippen LogP contribution in [0, 0.1) is 0 Å². The summed E-state index contributed by atoms with van der Waals surface area (Å²) in [5, 5.41) is 0. The molecule has 4 nitrogen and oxygen atoms in total. The molecule has 9 heteroatoms. The Bertz CT molecular complexity index is 711. The van der Waals surface area contributed by atoms with Crippen molar-refractivity contribution in [3.63, 3.8) is 0 Å². The van der Waals surface area contributed by atoms with Crippen LogP contribution in [-0.2, 0) is 16.2 Å². The average molecular weight is 369 g/mol. The van der Waals surface area contributed by atoms with E-state index in [1.165, 1.54) is 11.0 Å². The van der Waals surface area contributed by atoms with Gasteiger partial charge in [-0.3, -0.25) is 0 Å². The molecule has 0 bridgehead atoms. The predicted molar refractivity (Wildman–Crippen MR) is 70.3 cm³/mol. The van der Waals surface area contributed by atoms with Gasteiger partial charge in [-0.05, 0) is 25.0 Å². The van der Waals surface area contributed by atoms with Gasteiger partial charge in [0.05, 0.1) is 11.3 Å². The second kappa shape index (κ2) is 4.20. The van der Waals surface area contributed by atoms with Crippen molar-refractivity contribution in [3.8, 4) is 0 Å². The van der Waals surface area contributed by atoms with Gasteiger partial charge in [0.2, 0.25) is 0 Å². The van der Waals surface area contributed by atoms with Crippen molar-refractivity contribution in [2.75, 3.05) is 4.90 Å². The zero-order valence-electron chi connectivity index (χ0n) is 9.85. The van der Waals surface area contributed by atoms with E-state index in [4.69, 9.17) is 0 Å². The van der Waals surface area contributed by atoms with E-state index in [-0.39, 0.29) is 16.2 Å². The summed E-state index contributed by atoms with van der Waals surface area (Å²) < 4.78 is 66.6. The first-order valence-corrected chi connectivity index (χ1v) is 7.93. The molecule has 108 valence electrons. The summed E-state index contributed by atoms with van der Waals surface area (Å²) in [4.78, 5) is 0.735. The first-order chi connectivity index (χ1) is 9.20. The van der Waals surface area contributed by atoms with E-state index < -0.39 is 26.7 Å². The number of sulfonamides is 1. The molecule has 0 saturated heterocycles. The van der Waals surface area contributed by atoms with Crippen molar-refractivity contribution in [2.45, 2.75) is 30.0 Å². The number of hydrogen-bond donors (Lipinski definition) is 0. The molecule has 0 radical (unpaired) electrons. The van der Waals surface area contributed by atoms with Gasteiger partial charge in [0.1, 0.15) is 11.2 Å². The van der Waals surface area contributed by atoms with Crippen molar-refractivity contribution in [3.05, 3.63) is 22.2 Å². The monoisotopic (exact) mass is 368 g/mol. The fourth-order valence-electron chi connectivity index (χ4n) is 2.12. The Kier molecular flexibility index (Phi) is 2.91. The van der Waals surface area contributed by atoms with Crippen LogP contribution in [0.1, 0.15) is 18.4 Å². The normalized spacial score (nSPS) is 20.9. The highest BCUT2D eigenvalue weighted by Gasteiger charge is 2.43. The molecule has 0 N–H and O–H groups in total.